The SMILES string of the molecule is Cc1cc(CSc2ncccc2C(=O)Nc2ccc(NCC3CCCC3)cc2)no1. The maximum atomic E-state index is 12.8. The molecule has 0 spiro atoms. The van der Waals surface area contributed by atoms with Gasteiger partial charge in [0.15, 0.2) is 0 Å². The predicted molar refractivity (Wildman–Crippen MR) is 120 cm³/mol. The molecular formula is C23H26N4O2S. The summed E-state index contributed by atoms with van der Waals surface area (Å²) in [5.41, 5.74) is 3.22. The molecule has 0 radical (unpaired) electrons. The first-order valence-corrected chi connectivity index (χ1v) is 11.3. The lowest BCUT2D eigenvalue weighted by Gasteiger charge is -2.13. The van der Waals surface area contributed by atoms with Crippen molar-refractivity contribution in [2.45, 2.75) is 43.4 Å². The summed E-state index contributed by atoms with van der Waals surface area (Å²) in [4.78, 5) is 17.2. The number of amides is 1. The zero-order valence-electron chi connectivity index (χ0n) is 17.1. The Morgan fingerprint density at radius 1 is 1.17 bits per heavy atom. The molecule has 4 rings (SSSR count). The number of carbonyl (C=O) groups excluding carboxylic acids is 1. The van der Waals surface area contributed by atoms with Crippen LogP contribution >= 0.6 is 11.8 Å². The van der Waals surface area contributed by atoms with Crippen molar-refractivity contribution in [2.75, 3.05) is 17.2 Å². The average Bonchev–Trinajstić information content (AvgIpc) is 3.43. The van der Waals surface area contributed by atoms with Crippen LogP contribution in [0.4, 0.5) is 11.4 Å². The summed E-state index contributed by atoms with van der Waals surface area (Å²) in [5, 5.41) is 11.1. The number of aromatic nitrogens is 2. The Kier molecular flexibility index (Phi) is 6.69. The van der Waals surface area contributed by atoms with Crippen LogP contribution < -0.4 is 10.6 Å². The molecule has 1 fully saturated rings. The molecule has 0 bridgehead atoms. The van der Waals surface area contributed by atoms with Crippen molar-refractivity contribution in [2.24, 2.45) is 5.92 Å². The fourth-order valence-electron chi connectivity index (χ4n) is 3.65. The number of hydrogen-bond donors (Lipinski definition) is 2. The van der Waals surface area contributed by atoms with E-state index in [9.17, 15) is 4.79 Å². The van der Waals surface area contributed by atoms with Gasteiger partial charge >= 0.3 is 0 Å². The highest BCUT2D eigenvalue weighted by atomic mass is 32.2. The molecule has 30 heavy (non-hydrogen) atoms. The van der Waals surface area contributed by atoms with Crippen molar-refractivity contribution in [3.63, 3.8) is 0 Å². The minimum atomic E-state index is -0.173. The van der Waals surface area contributed by atoms with Gasteiger partial charge in [-0.15, -0.1) is 0 Å². The third-order valence-corrected chi connectivity index (χ3v) is 6.30. The Hall–Kier alpha value is -2.80. The minimum Gasteiger partial charge on any atom is -0.385 e. The lowest BCUT2D eigenvalue weighted by molar-refractivity contribution is 0.102. The molecule has 3 aromatic rings. The van der Waals surface area contributed by atoms with Crippen molar-refractivity contribution >= 4 is 29.0 Å². The maximum Gasteiger partial charge on any atom is 0.258 e. The molecule has 7 heteroatoms. The maximum absolute atomic E-state index is 12.8. The second-order valence-electron chi connectivity index (χ2n) is 7.64. The van der Waals surface area contributed by atoms with Gasteiger partial charge in [-0.05, 0) is 62.1 Å². The molecule has 1 aliphatic carbocycles. The molecule has 2 N–H and O–H groups in total. The summed E-state index contributed by atoms with van der Waals surface area (Å²) in [6, 6.07) is 13.3. The summed E-state index contributed by atoms with van der Waals surface area (Å²) >= 11 is 1.47. The van der Waals surface area contributed by atoms with E-state index in [1.165, 1.54) is 37.4 Å². The van der Waals surface area contributed by atoms with Gasteiger partial charge in [-0.25, -0.2) is 4.98 Å². The van der Waals surface area contributed by atoms with Gasteiger partial charge in [-0.2, -0.15) is 0 Å². The number of thioether (sulfide) groups is 1. The predicted octanol–water partition coefficient (Wildman–Crippen LogP) is 5.52. The summed E-state index contributed by atoms with van der Waals surface area (Å²) in [6.07, 6.45) is 7.04. The highest BCUT2D eigenvalue weighted by molar-refractivity contribution is 7.98. The van der Waals surface area contributed by atoms with E-state index in [1.807, 2.05) is 37.3 Å². The number of rotatable bonds is 8. The number of carbonyl (C=O) groups is 1. The molecule has 1 aliphatic rings. The summed E-state index contributed by atoms with van der Waals surface area (Å²) in [7, 11) is 0. The summed E-state index contributed by atoms with van der Waals surface area (Å²) < 4.78 is 5.10. The van der Waals surface area contributed by atoms with E-state index in [-0.39, 0.29) is 5.91 Å². The van der Waals surface area contributed by atoms with E-state index in [2.05, 4.69) is 20.8 Å². The normalized spacial score (nSPS) is 14.0. The second-order valence-corrected chi connectivity index (χ2v) is 8.60. The van der Waals surface area contributed by atoms with E-state index in [0.29, 0.717) is 16.3 Å². The van der Waals surface area contributed by atoms with Gasteiger partial charge in [-0.1, -0.05) is 29.8 Å². The summed E-state index contributed by atoms with van der Waals surface area (Å²) in [6.45, 7) is 2.88. The minimum absolute atomic E-state index is 0.173. The van der Waals surface area contributed by atoms with E-state index >= 15 is 0 Å². The van der Waals surface area contributed by atoms with Gasteiger partial charge in [0.25, 0.3) is 5.91 Å². The number of pyridine rings is 1. The molecule has 0 aliphatic heterocycles. The van der Waals surface area contributed by atoms with Crippen molar-refractivity contribution in [3.05, 3.63) is 65.7 Å². The van der Waals surface area contributed by atoms with E-state index < -0.39 is 0 Å². The van der Waals surface area contributed by atoms with Crippen LogP contribution in [0.5, 0.6) is 0 Å². The van der Waals surface area contributed by atoms with Crippen LogP contribution in [0.25, 0.3) is 0 Å². The summed E-state index contributed by atoms with van der Waals surface area (Å²) in [5.74, 6) is 1.97. The van der Waals surface area contributed by atoms with Crippen molar-refractivity contribution in [1.82, 2.24) is 10.1 Å². The van der Waals surface area contributed by atoms with Crippen LogP contribution in [0.3, 0.4) is 0 Å². The number of nitrogens with zero attached hydrogens (tertiary/aromatic N) is 2. The fraction of sp³-hybridized carbons (Fsp3) is 0.348. The largest absolute Gasteiger partial charge is 0.385 e. The lowest BCUT2D eigenvalue weighted by Crippen LogP contribution is -2.14. The van der Waals surface area contributed by atoms with E-state index in [4.69, 9.17) is 4.52 Å². The first kappa shape index (κ1) is 20.5. The molecule has 0 saturated heterocycles. The molecule has 0 atom stereocenters. The quantitative estimate of drug-likeness (QED) is 0.465. The zero-order valence-corrected chi connectivity index (χ0v) is 17.9. The molecule has 156 valence electrons. The zero-order chi connectivity index (χ0) is 20.8. The van der Waals surface area contributed by atoms with Crippen LogP contribution in [0, 0.1) is 12.8 Å². The number of hydrogen-bond acceptors (Lipinski definition) is 6. The first-order valence-electron chi connectivity index (χ1n) is 10.3. The average molecular weight is 423 g/mol. The van der Waals surface area contributed by atoms with Gasteiger partial charge in [-0.3, -0.25) is 4.79 Å². The van der Waals surface area contributed by atoms with Crippen LogP contribution in [0.2, 0.25) is 0 Å². The van der Waals surface area contributed by atoms with Crippen molar-refractivity contribution < 1.29 is 9.32 Å². The third-order valence-electron chi connectivity index (χ3n) is 5.26. The molecule has 2 heterocycles. The van der Waals surface area contributed by atoms with Gasteiger partial charge in [0.2, 0.25) is 0 Å². The molecule has 0 unspecified atom stereocenters. The topological polar surface area (TPSA) is 80.0 Å². The highest BCUT2D eigenvalue weighted by Gasteiger charge is 2.15. The number of anilines is 2. The van der Waals surface area contributed by atoms with Crippen molar-refractivity contribution in [1.29, 1.82) is 0 Å². The molecule has 1 amide bonds. The Bertz CT molecular complexity index is 981. The Morgan fingerprint density at radius 3 is 2.67 bits per heavy atom. The molecule has 6 nitrogen and oxygen atoms in total. The molecule has 1 saturated carbocycles. The molecule has 2 aromatic heterocycles. The fourth-order valence-corrected chi connectivity index (χ4v) is 4.53. The first-order chi connectivity index (χ1) is 14.7. The van der Waals surface area contributed by atoms with E-state index in [0.717, 1.165) is 35.3 Å². The molecule has 1 aromatic carbocycles. The van der Waals surface area contributed by atoms with Gasteiger partial charge in [0, 0.05) is 35.9 Å². The van der Waals surface area contributed by atoms with Gasteiger partial charge in [0.1, 0.15) is 10.8 Å². The third kappa shape index (κ3) is 5.42. The van der Waals surface area contributed by atoms with Crippen LogP contribution in [0.15, 0.2) is 58.2 Å². The number of aryl methyl sites for hydroxylation is 1. The molecular weight excluding hydrogens is 396 g/mol. The second kappa shape index (κ2) is 9.80. The number of benzene rings is 1. The smallest absolute Gasteiger partial charge is 0.258 e. The van der Waals surface area contributed by atoms with Crippen molar-refractivity contribution in [3.8, 4) is 0 Å². The lowest BCUT2D eigenvalue weighted by atomic mass is 10.1. The van der Waals surface area contributed by atoms with Crippen LogP contribution in [-0.4, -0.2) is 22.6 Å². The standard InChI is InChI=1S/C23H26N4O2S/c1-16-13-20(27-29-16)15-30-23-21(7-4-12-24-23)22(28)26-19-10-8-18(9-11-19)25-14-17-5-2-3-6-17/h4,7-13,17,25H,2-3,5-6,14-15H2,1H3,(H,26,28). The van der Waals surface area contributed by atoms with E-state index in [1.54, 1.807) is 18.3 Å². The Balaban J connectivity index is 1.35. The number of nitrogens with one attached hydrogen (secondary N) is 2. The van der Waals surface area contributed by atoms with Crippen LogP contribution in [0.1, 0.15) is 47.5 Å². The van der Waals surface area contributed by atoms with Crippen LogP contribution in [-0.2, 0) is 5.75 Å². The van der Waals surface area contributed by atoms with Gasteiger partial charge in [0.05, 0.1) is 11.3 Å². The monoisotopic (exact) mass is 422 g/mol. The highest BCUT2D eigenvalue weighted by Crippen LogP contribution is 2.26. The Labute approximate surface area is 180 Å². The van der Waals surface area contributed by atoms with Gasteiger partial charge < -0.3 is 15.2 Å². The Morgan fingerprint density at radius 2 is 1.93 bits per heavy atom.